The number of hydrogen-bond donors (Lipinski definition) is 2. The molecule has 0 atom stereocenters. The van der Waals surface area contributed by atoms with E-state index in [9.17, 15) is 8.78 Å². The lowest BCUT2D eigenvalue weighted by molar-refractivity contribution is -0.0887. The van der Waals surface area contributed by atoms with Crippen molar-refractivity contribution in [3.05, 3.63) is 24.2 Å². The molecule has 0 saturated heterocycles. The van der Waals surface area contributed by atoms with Gasteiger partial charge in [0.2, 0.25) is 0 Å². The fourth-order valence-electron chi connectivity index (χ4n) is 1.74. The van der Waals surface area contributed by atoms with E-state index >= 15 is 0 Å². The highest BCUT2D eigenvalue weighted by Crippen LogP contribution is 2.37. The Hall–Kier alpha value is -1.59. The molecule has 4 nitrogen and oxygen atoms in total. The smallest absolute Gasteiger partial charge is 0.252 e. The van der Waals surface area contributed by atoms with Crippen molar-refractivity contribution in [2.75, 3.05) is 7.05 Å². The molecule has 1 saturated carbocycles. The minimum atomic E-state index is -2.52. The van der Waals surface area contributed by atoms with Crippen molar-refractivity contribution >= 4 is 5.96 Å². The van der Waals surface area contributed by atoms with E-state index < -0.39 is 5.92 Å². The maximum absolute atomic E-state index is 12.6. The number of hydrogen-bond acceptors (Lipinski definition) is 2. The third-order valence-electron chi connectivity index (χ3n) is 2.66. The first-order valence-electron chi connectivity index (χ1n) is 5.46. The molecule has 1 aromatic rings. The number of alkyl halides is 2. The average molecular weight is 243 g/mol. The Bertz CT molecular complexity index is 381. The number of halogens is 2. The molecular formula is C11H15F2N3O. The van der Waals surface area contributed by atoms with Gasteiger partial charge in [0.05, 0.1) is 12.8 Å². The van der Waals surface area contributed by atoms with Crippen molar-refractivity contribution in [3.63, 3.8) is 0 Å². The number of guanidine groups is 1. The molecule has 6 heteroatoms. The molecule has 1 aromatic heterocycles. The van der Waals surface area contributed by atoms with Gasteiger partial charge in [0.1, 0.15) is 5.76 Å². The number of nitrogens with zero attached hydrogens (tertiary/aromatic N) is 1. The van der Waals surface area contributed by atoms with Crippen LogP contribution in [0.5, 0.6) is 0 Å². The van der Waals surface area contributed by atoms with E-state index in [-0.39, 0.29) is 18.9 Å². The van der Waals surface area contributed by atoms with E-state index in [1.165, 1.54) is 0 Å². The van der Waals surface area contributed by atoms with E-state index in [0.29, 0.717) is 12.5 Å². The van der Waals surface area contributed by atoms with Crippen LogP contribution in [-0.4, -0.2) is 25.0 Å². The summed E-state index contributed by atoms with van der Waals surface area (Å²) >= 11 is 0. The van der Waals surface area contributed by atoms with Crippen LogP contribution in [0.2, 0.25) is 0 Å². The summed E-state index contributed by atoms with van der Waals surface area (Å²) in [6.45, 7) is 0.482. The Morgan fingerprint density at radius 3 is 2.88 bits per heavy atom. The van der Waals surface area contributed by atoms with Crippen molar-refractivity contribution in [2.45, 2.75) is 31.4 Å². The first-order chi connectivity index (χ1) is 8.09. The largest absolute Gasteiger partial charge is 0.467 e. The van der Waals surface area contributed by atoms with Crippen LogP contribution in [0, 0.1) is 0 Å². The summed E-state index contributed by atoms with van der Waals surface area (Å²) in [5, 5.41) is 5.94. The monoisotopic (exact) mass is 243 g/mol. The maximum atomic E-state index is 12.6. The third kappa shape index (κ3) is 3.18. The SMILES string of the molecule is CN=C(NCc1ccco1)NC1CC(F)(F)C1. The molecular weight excluding hydrogens is 228 g/mol. The lowest BCUT2D eigenvalue weighted by Gasteiger charge is -2.36. The summed E-state index contributed by atoms with van der Waals surface area (Å²) in [5.74, 6) is -1.23. The highest BCUT2D eigenvalue weighted by atomic mass is 19.3. The number of nitrogens with one attached hydrogen (secondary N) is 2. The third-order valence-corrected chi connectivity index (χ3v) is 2.66. The van der Waals surface area contributed by atoms with Gasteiger partial charge in [0.25, 0.3) is 5.92 Å². The molecule has 17 heavy (non-hydrogen) atoms. The topological polar surface area (TPSA) is 49.6 Å². The quantitative estimate of drug-likeness (QED) is 0.628. The Balaban J connectivity index is 1.75. The lowest BCUT2D eigenvalue weighted by Crippen LogP contribution is -2.53. The molecule has 0 aromatic carbocycles. The van der Waals surface area contributed by atoms with Crippen LogP contribution in [-0.2, 0) is 6.54 Å². The minimum Gasteiger partial charge on any atom is -0.467 e. The van der Waals surface area contributed by atoms with E-state index in [2.05, 4.69) is 15.6 Å². The van der Waals surface area contributed by atoms with Crippen molar-refractivity contribution in [2.24, 2.45) is 4.99 Å². The Kier molecular flexibility index (Phi) is 3.31. The van der Waals surface area contributed by atoms with Crippen molar-refractivity contribution < 1.29 is 13.2 Å². The highest BCUT2D eigenvalue weighted by molar-refractivity contribution is 5.80. The molecule has 0 bridgehead atoms. The molecule has 1 heterocycles. The molecule has 2 N–H and O–H groups in total. The second kappa shape index (κ2) is 4.73. The number of furan rings is 1. The minimum absolute atomic E-state index is 0.131. The van der Waals surface area contributed by atoms with Gasteiger partial charge in [-0.3, -0.25) is 4.99 Å². The van der Waals surface area contributed by atoms with Crippen molar-refractivity contribution in [1.82, 2.24) is 10.6 Å². The van der Waals surface area contributed by atoms with Crippen LogP contribution in [0.25, 0.3) is 0 Å². The summed E-state index contributed by atoms with van der Waals surface area (Å²) in [5.41, 5.74) is 0. The van der Waals surface area contributed by atoms with Gasteiger partial charge in [0.15, 0.2) is 5.96 Å². The number of rotatable bonds is 3. The summed E-state index contributed by atoms with van der Waals surface area (Å²) in [6.07, 6.45) is 1.32. The molecule has 1 fully saturated rings. The molecule has 1 aliphatic rings. The molecule has 0 radical (unpaired) electrons. The first kappa shape index (κ1) is 11.9. The maximum Gasteiger partial charge on any atom is 0.252 e. The summed E-state index contributed by atoms with van der Waals surface area (Å²) < 4.78 is 30.4. The molecule has 0 aliphatic heterocycles. The van der Waals surface area contributed by atoms with Gasteiger partial charge in [-0.1, -0.05) is 0 Å². The highest BCUT2D eigenvalue weighted by Gasteiger charge is 2.45. The Labute approximate surface area is 98.1 Å². The molecule has 0 unspecified atom stereocenters. The van der Waals surface area contributed by atoms with Crippen LogP contribution < -0.4 is 10.6 Å². The zero-order valence-corrected chi connectivity index (χ0v) is 9.54. The Morgan fingerprint density at radius 2 is 2.35 bits per heavy atom. The second-order valence-corrected chi connectivity index (χ2v) is 4.11. The predicted octanol–water partition coefficient (Wildman–Crippen LogP) is 1.74. The normalized spacial score (nSPS) is 19.8. The van der Waals surface area contributed by atoms with Gasteiger partial charge >= 0.3 is 0 Å². The molecule has 0 amide bonds. The van der Waals surface area contributed by atoms with Crippen molar-refractivity contribution in [3.8, 4) is 0 Å². The summed E-state index contributed by atoms with van der Waals surface area (Å²) in [6, 6.07) is 3.42. The van der Waals surface area contributed by atoms with E-state index in [4.69, 9.17) is 4.42 Å². The lowest BCUT2D eigenvalue weighted by atomic mass is 9.88. The number of aliphatic imine (C=N–C) groups is 1. The zero-order chi connectivity index (χ0) is 12.3. The summed E-state index contributed by atoms with van der Waals surface area (Å²) in [4.78, 5) is 3.96. The average Bonchev–Trinajstić information content (AvgIpc) is 2.74. The Morgan fingerprint density at radius 1 is 1.59 bits per heavy atom. The van der Waals surface area contributed by atoms with Gasteiger partial charge in [-0.2, -0.15) is 0 Å². The molecule has 94 valence electrons. The van der Waals surface area contributed by atoms with Crippen molar-refractivity contribution in [1.29, 1.82) is 0 Å². The van der Waals surface area contributed by atoms with Crippen LogP contribution in [0.15, 0.2) is 27.8 Å². The zero-order valence-electron chi connectivity index (χ0n) is 9.54. The van der Waals surface area contributed by atoms with Crippen LogP contribution in [0.1, 0.15) is 18.6 Å². The molecule has 2 rings (SSSR count). The van der Waals surface area contributed by atoms with Crippen LogP contribution in [0.4, 0.5) is 8.78 Å². The van der Waals surface area contributed by atoms with Gasteiger partial charge in [0, 0.05) is 25.9 Å². The second-order valence-electron chi connectivity index (χ2n) is 4.11. The van der Waals surface area contributed by atoms with E-state index in [1.807, 2.05) is 6.07 Å². The van der Waals surface area contributed by atoms with E-state index in [1.54, 1.807) is 19.4 Å². The fraction of sp³-hybridized carbons (Fsp3) is 0.545. The van der Waals surface area contributed by atoms with Crippen LogP contribution >= 0.6 is 0 Å². The van der Waals surface area contributed by atoms with Gasteiger partial charge < -0.3 is 15.1 Å². The fourth-order valence-corrected chi connectivity index (χ4v) is 1.74. The molecule has 1 aliphatic carbocycles. The summed E-state index contributed by atoms with van der Waals surface area (Å²) in [7, 11) is 1.61. The predicted molar refractivity (Wildman–Crippen MR) is 60.0 cm³/mol. The standard InChI is InChI=1S/C11H15F2N3O/c1-14-10(15-7-9-3-2-4-17-9)16-8-5-11(12,13)6-8/h2-4,8H,5-7H2,1H3,(H2,14,15,16). The first-order valence-corrected chi connectivity index (χ1v) is 5.46. The van der Waals surface area contributed by atoms with Crippen LogP contribution in [0.3, 0.4) is 0 Å². The van der Waals surface area contributed by atoms with Gasteiger partial charge in [-0.05, 0) is 12.1 Å². The van der Waals surface area contributed by atoms with Gasteiger partial charge in [-0.25, -0.2) is 8.78 Å². The molecule has 0 spiro atoms. The van der Waals surface area contributed by atoms with Gasteiger partial charge in [-0.15, -0.1) is 0 Å². The van der Waals surface area contributed by atoms with E-state index in [0.717, 1.165) is 5.76 Å².